The van der Waals surface area contributed by atoms with Gasteiger partial charge in [0, 0.05) is 12.6 Å². The number of morpholine rings is 1. The maximum absolute atomic E-state index is 12.1. The minimum Gasteiger partial charge on any atom is -0.375 e. The van der Waals surface area contributed by atoms with Crippen LogP contribution in [-0.4, -0.2) is 43.6 Å². The first-order chi connectivity index (χ1) is 7.15. The van der Waals surface area contributed by atoms with Crippen LogP contribution in [0.15, 0.2) is 0 Å². The van der Waals surface area contributed by atoms with Crippen LogP contribution in [-0.2, 0) is 14.9 Å². The Kier molecular flexibility index (Phi) is 3.99. The molecule has 0 aliphatic carbocycles. The van der Waals surface area contributed by atoms with Gasteiger partial charge in [-0.1, -0.05) is 0 Å². The lowest BCUT2D eigenvalue weighted by atomic mass is 10.1. The molecule has 0 bridgehead atoms. The summed E-state index contributed by atoms with van der Waals surface area (Å²) in [7, 11) is -3.42. The van der Waals surface area contributed by atoms with Crippen molar-refractivity contribution in [3.8, 4) is 0 Å². The Morgan fingerprint density at radius 3 is 2.50 bits per heavy atom. The molecule has 5 nitrogen and oxygen atoms in total. The predicted molar refractivity (Wildman–Crippen MR) is 63.4 cm³/mol. The predicted octanol–water partition coefficient (Wildman–Crippen LogP) is 0.728. The molecule has 1 unspecified atom stereocenters. The monoisotopic (exact) mass is 250 g/mol. The van der Waals surface area contributed by atoms with E-state index in [9.17, 15) is 8.42 Å². The van der Waals surface area contributed by atoms with Gasteiger partial charge in [-0.25, -0.2) is 0 Å². The van der Waals surface area contributed by atoms with Gasteiger partial charge in [0.25, 0.3) is 10.2 Å². The molecule has 1 rings (SSSR count). The van der Waals surface area contributed by atoms with Crippen LogP contribution in [0, 0.1) is 0 Å². The molecule has 1 atom stereocenters. The number of hydrogen-bond donors (Lipinski definition) is 1. The van der Waals surface area contributed by atoms with Crippen LogP contribution in [0.2, 0.25) is 0 Å². The van der Waals surface area contributed by atoms with Crippen LogP contribution in [0.25, 0.3) is 0 Å². The van der Waals surface area contributed by atoms with Crippen molar-refractivity contribution in [3.63, 3.8) is 0 Å². The van der Waals surface area contributed by atoms with Crippen molar-refractivity contribution in [1.29, 1.82) is 0 Å². The Morgan fingerprint density at radius 1 is 1.44 bits per heavy atom. The lowest BCUT2D eigenvalue weighted by Gasteiger charge is -2.43. The topological polar surface area (TPSA) is 58.6 Å². The minimum absolute atomic E-state index is 0.0586. The van der Waals surface area contributed by atoms with Crippen LogP contribution >= 0.6 is 0 Å². The molecule has 0 aromatic rings. The van der Waals surface area contributed by atoms with Gasteiger partial charge in [0.1, 0.15) is 0 Å². The Morgan fingerprint density at radius 2 is 2.00 bits per heavy atom. The summed E-state index contributed by atoms with van der Waals surface area (Å²) in [5.74, 6) is 0. The van der Waals surface area contributed by atoms with Crippen molar-refractivity contribution >= 4 is 10.2 Å². The van der Waals surface area contributed by atoms with E-state index in [1.165, 1.54) is 4.31 Å². The lowest BCUT2D eigenvalue weighted by molar-refractivity contribution is -0.0556. The number of nitrogens with one attached hydrogen (secondary N) is 1. The van der Waals surface area contributed by atoms with Crippen molar-refractivity contribution in [3.05, 3.63) is 0 Å². The van der Waals surface area contributed by atoms with Gasteiger partial charge in [-0.15, -0.1) is 0 Å². The van der Waals surface area contributed by atoms with Crippen molar-refractivity contribution in [1.82, 2.24) is 9.03 Å². The van der Waals surface area contributed by atoms with Gasteiger partial charge in [0.15, 0.2) is 0 Å². The van der Waals surface area contributed by atoms with Gasteiger partial charge in [-0.05, 0) is 34.6 Å². The standard InChI is InChI=1S/C10H22N2O3S/c1-8(2)11-16(13,14)12-6-9(3)15-7-10(12,4)5/h8-9,11H,6-7H2,1-5H3. The molecule has 1 N–H and O–H groups in total. The Bertz CT molecular complexity index is 338. The molecule has 1 aliphatic rings. The largest absolute Gasteiger partial charge is 0.375 e. The Balaban J connectivity index is 2.91. The van der Waals surface area contributed by atoms with Gasteiger partial charge in [-0.2, -0.15) is 17.4 Å². The highest BCUT2D eigenvalue weighted by atomic mass is 32.2. The second kappa shape index (κ2) is 4.60. The Hall–Kier alpha value is -0.170. The van der Waals surface area contributed by atoms with E-state index in [1.807, 2.05) is 34.6 Å². The van der Waals surface area contributed by atoms with E-state index in [0.717, 1.165) is 0 Å². The zero-order valence-corrected chi connectivity index (χ0v) is 11.5. The molecule has 96 valence electrons. The lowest BCUT2D eigenvalue weighted by Crippen LogP contribution is -2.60. The summed E-state index contributed by atoms with van der Waals surface area (Å²) in [5, 5.41) is 0. The van der Waals surface area contributed by atoms with Gasteiger partial charge in [-0.3, -0.25) is 0 Å². The quantitative estimate of drug-likeness (QED) is 0.803. The van der Waals surface area contributed by atoms with E-state index in [-0.39, 0.29) is 12.1 Å². The summed E-state index contributed by atoms with van der Waals surface area (Å²) >= 11 is 0. The fraction of sp³-hybridized carbons (Fsp3) is 1.00. The molecule has 0 amide bonds. The summed E-state index contributed by atoms with van der Waals surface area (Å²) in [6.45, 7) is 10.1. The molecule has 1 heterocycles. The maximum Gasteiger partial charge on any atom is 0.280 e. The zero-order chi connectivity index (χ0) is 12.6. The summed E-state index contributed by atoms with van der Waals surface area (Å²) < 4.78 is 33.8. The highest BCUT2D eigenvalue weighted by Gasteiger charge is 2.41. The zero-order valence-electron chi connectivity index (χ0n) is 10.6. The van der Waals surface area contributed by atoms with Gasteiger partial charge >= 0.3 is 0 Å². The third-order valence-electron chi connectivity index (χ3n) is 2.49. The smallest absolute Gasteiger partial charge is 0.280 e. The molecule has 0 saturated carbocycles. The third-order valence-corrected chi connectivity index (χ3v) is 4.49. The SMILES string of the molecule is CC(C)NS(=O)(=O)N1CC(C)OCC1(C)C. The Labute approximate surface area is 98.3 Å². The van der Waals surface area contributed by atoms with Crippen LogP contribution < -0.4 is 4.72 Å². The van der Waals surface area contributed by atoms with E-state index >= 15 is 0 Å². The van der Waals surface area contributed by atoms with Crippen LogP contribution in [0.3, 0.4) is 0 Å². The van der Waals surface area contributed by atoms with Crippen molar-refractivity contribution in [2.45, 2.75) is 52.3 Å². The van der Waals surface area contributed by atoms with Gasteiger partial charge in [0.05, 0.1) is 18.2 Å². The molecule has 1 saturated heterocycles. The number of nitrogens with zero attached hydrogens (tertiary/aromatic N) is 1. The third kappa shape index (κ3) is 3.16. The molecule has 1 aliphatic heterocycles. The van der Waals surface area contributed by atoms with Gasteiger partial charge in [0.2, 0.25) is 0 Å². The molecule has 0 aromatic heterocycles. The van der Waals surface area contributed by atoms with Crippen LogP contribution in [0.5, 0.6) is 0 Å². The number of rotatable bonds is 3. The van der Waals surface area contributed by atoms with Crippen LogP contribution in [0.4, 0.5) is 0 Å². The summed E-state index contributed by atoms with van der Waals surface area (Å²) in [4.78, 5) is 0. The first-order valence-electron chi connectivity index (χ1n) is 5.57. The fourth-order valence-corrected chi connectivity index (χ4v) is 3.57. The normalized spacial score (nSPS) is 27.2. The number of hydrogen-bond acceptors (Lipinski definition) is 3. The van der Waals surface area contributed by atoms with E-state index < -0.39 is 15.7 Å². The van der Waals surface area contributed by atoms with E-state index in [0.29, 0.717) is 13.2 Å². The molecule has 16 heavy (non-hydrogen) atoms. The molecule has 0 radical (unpaired) electrons. The minimum atomic E-state index is -3.42. The molecule has 0 aromatic carbocycles. The van der Waals surface area contributed by atoms with E-state index in [4.69, 9.17) is 4.74 Å². The highest BCUT2D eigenvalue weighted by Crippen LogP contribution is 2.24. The summed E-state index contributed by atoms with van der Waals surface area (Å²) in [6.07, 6.45) is -0.0586. The maximum atomic E-state index is 12.1. The van der Waals surface area contributed by atoms with Crippen molar-refractivity contribution < 1.29 is 13.2 Å². The average molecular weight is 250 g/mol. The first-order valence-corrected chi connectivity index (χ1v) is 7.01. The van der Waals surface area contributed by atoms with Gasteiger partial charge < -0.3 is 4.74 Å². The van der Waals surface area contributed by atoms with E-state index in [1.54, 1.807) is 0 Å². The second-order valence-electron chi connectivity index (χ2n) is 5.24. The average Bonchev–Trinajstić information content (AvgIpc) is 2.07. The summed E-state index contributed by atoms with van der Waals surface area (Å²) in [6, 6.07) is -0.0982. The van der Waals surface area contributed by atoms with Crippen molar-refractivity contribution in [2.75, 3.05) is 13.2 Å². The first kappa shape index (κ1) is 13.9. The molecular formula is C10H22N2O3S. The van der Waals surface area contributed by atoms with Crippen molar-refractivity contribution in [2.24, 2.45) is 0 Å². The molecule has 1 fully saturated rings. The number of ether oxygens (including phenoxy) is 1. The van der Waals surface area contributed by atoms with E-state index in [2.05, 4.69) is 4.72 Å². The molecular weight excluding hydrogens is 228 g/mol. The molecule has 0 spiro atoms. The summed E-state index contributed by atoms with van der Waals surface area (Å²) in [5.41, 5.74) is -0.493. The highest BCUT2D eigenvalue weighted by molar-refractivity contribution is 7.87. The van der Waals surface area contributed by atoms with Crippen LogP contribution in [0.1, 0.15) is 34.6 Å². The fourth-order valence-electron chi connectivity index (χ4n) is 1.74. The second-order valence-corrected chi connectivity index (χ2v) is 6.87. The molecule has 6 heteroatoms.